The Balaban J connectivity index is 3.94. The van der Waals surface area contributed by atoms with Crippen LogP contribution in [0.25, 0.3) is 0 Å². The average molecular weight is 166 g/mol. The van der Waals surface area contributed by atoms with Crippen LogP contribution in [0.3, 0.4) is 0 Å². The van der Waals surface area contributed by atoms with Crippen molar-refractivity contribution in [2.45, 2.75) is 31.0 Å². The van der Waals surface area contributed by atoms with Crippen LogP contribution in [0, 0.1) is 0 Å². The van der Waals surface area contributed by atoms with Gasteiger partial charge < -0.3 is 15.3 Å². The minimum absolute atomic E-state index is 0.395. The van der Waals surface area contributed by atoms with E-state index in [1.807, 2.05) is 6.92 Å². The fourth-order valence-corrected chi connectivity index (χ4v) is 1.31. The van der Waals surface area contributed by atoms with E-state index in [0.717, 1.165) is 18.2 Å². The highest BCUT2D eigenvalue weighted by atomic mass is 32.2. The van der Waals surface area contributed by atoms with Gasteiger partial charge in [-0.1, -0.05) is 13.3 Å². The van der Waals surface area contributed by atoms with Crippen molar-refractivity contribution >= 4 is 11.8 Å². The average Bonchev–Trinajstić information content (AvgIpc) is 1.88. The molecule has 10 heavy (non-hydrogen) atoms. The van der Waals surface area contributed by atoms with Gasteiger partial charge in [0, 0.05) is 0 Å². The summed E-state index contributed by atoms with van der Waals surface area (Å²) in [5.41, 5.74) is 0. The standard InChI is InChI=1S/C6H14O3S/c1-3-4-6(9,10-2)5(7)8/h5,7-9H,3-4H2,1-2H3. The zero-order valence-corrected chi connectivity index (χ0v) is 7.06. The van der Waals surface area contributed by atoms with Gasteiger partial charge in [0.15, 0.2) is 11.2 Å². The Bertz CT molecular complexity index is 97.0. The van der Waals surface area contributed by atoms with Gasteiger partial charge in [-0.15, -0.1) is 11.8 Å². The van der Waals surface area contributed by atoms with Crippen molar-refractivity contribution in [1.29, 1.82) is 0 Å². The molecule has 3 N–H and O–H groups in total. The third-order valence-electron chi connectivity index (χ3n) is 1.37. The molecule has 0 saturated carbocycles. The normalized spacial score (nSPS) is 17.4. The second-order valence-corrected chi connectivity index (χ2v) is 3.29. The van der Waals surface area contributed by atoms with Crippen molar-refractivity contribution in [2.24, 2.45) is 0 Å². The van der Waals surface area contributed by atoms with Crippen LogP contribution in [0.5, 0.6) is 0 Å². The van der Waals surface area contributed by atoms with Crippen LogP contribution in [0.4, 0.5) is 0 Å². The lowest BCUT2D eigenvalue weighted by atomic mass is 10.2. The van der Waals surface area contributed by atoms with Crippen molar-refractivity contribution in [3.63, 3.8) is 0 Å². The molecule has 0 aromatic heterocycles. The smallest absolute Gasteiger partial charge is 0.190 e. The predicted molar refractivity (Wildman–Crippen MR) is 41.6 cm³/mol. The first-order valence-electron chi connectivity index (χ1n) is 3.20. The molecule has 0 rings (SSSR count). The van der Waals surface area contributed by atoms with E-state index < -0.39 is 11.2 Å². The van der Waals surface area contributed by atoms with E-state index in [2.05, 4.69) is 0 Å². The molecule has 0 amide bonds. The first-order valence-corrected chi connectivity index (χ1v) is 4.43. The summed E-state index contributed by atoms with van der Waals surface area (Å²) in [5, 5.41) is 26.7. The molecule has 0 radical (unpaired) electrons. The van der Waals surface area contributed by atoms with Crippen LogP contribution < -0.4 is 0 Å². The molecule has 0 aliphatic rings. The molecular formula is C6H14O3S. The number of hydrogen-bond donors (Lipinski definition) is 3. The predicted octanol–water partition coefficient (Wildman–Crippen LogP) is 0.149. The van der Waals surface area contributed by atoms with E-state index >= 15 is 0 Å². The highest BCUT2D eigenvalue weighted by Crippen LogP contribution is 2.27. The molecule has 0 saturated heterocycles. The molecule has 0 aromatic rings. The molecule has 0 heterocycles. The quantitative estimate of drug-likeness (QED) is 0.520. The summed E-state index contributed by atoms with van der Waals surface area (Å²) in [7, 11) is 0. The van der Waals surface area contributed by atoms with E-state index in [9.17, 15) is 5.11 Å². The highest BCUT2D eigenvalue weighted by Gasteiger charge is 2.32. The molecule has 0 fully saturated rings. The van der Waals surface area contributed by atoms with Gasteiger partial charge in [-0.25, -0.2) is 0 Å². The summed E-state index contributed by atoms with van der Waals surface area (Å²) < 4.78 is 0. The Morgan fingerprint density at radius 3 is 2.10 bits per heavy atom. The maximum Gasteiger partial charge on any atom is 0.190 e. The number of rotatable bonds is 4. The minimum Gasteiger partial charge on any atom is -0.374 e. The summed E-state index contributed by atoms with van der Waals surface area (Å²) in [6.07, 6.45) is 1.12. The minimum atomic E-state index is -1.65. The van der Waals surface area contributed by atoms with Crippen LogP contribution >= 0.6 is 11.8 Å². The van der Waals surface area contributed by atoms with Crippen molar-refractivity contribution in [2.75, 3.05) is 6.26 Å². The highest BCUT2D eigenvalue weighted by molar-refractivity contribution is 7.99. The summed E-state index contributed by atoms with van der Waals surface area (Å²) in [5.74, 6) is 0. The van der Waals surface area contributed by atoms with Crippen LogP contribution in [0.1, 0.15) is 19.8 Å². The van der Waals surface area contributed by atoms with E-state index in [4.69, 9.17) is 10.2 Å². The lowest BCUT2D eigenvalue weighted by Crippen LogP contribution is -2.38. The zero-order chi connectivity index (χ0) is 8.20. The number of hydrogen-bond acceptors (Lipinski definition) is 4. The Morgan fingerprint density at radius 2 is 2.00 bits per heavy atom. The Kier molecular flexibility index (Phi) is 4.28. The Morgan fingerprint density at radius 1 is 1.50 bits per heavy atom. The van der Waals surface area contributed by atoms with Gasteiger partial charge in [-0.05, 0) is 12.7 Å². The van der Waals surface area contributed by atoms with Gasteiger partial charge in [0.2, 0.25) is 0 Å². The summed E-state index contributed by atoms with van der Waals surface area (Å²) in [4.78, 5) is -1.38. The summed E-state index contributed by atoms with van der Waals surface area (Å²) >= 11 is 1.06. The van der Waals surface area contributed by atoms with Crippen LogP contribution in [-0.4, -0.2) is 32.8 Å². The molecule has 62 valence electrons. The van der Waals surface area contributed by atoms with Gasteiger partial charge in [-0.3, -0.25) is 0 Å². The van der Waals surface area contributed by atoms with Gasteiger partial charge in [0.1, 0.15) is 0 Å². The lowest BCUT2D eigenvalue weighted by Gasteiger charge is -2.26. The molecule has 0 bridgehead atoms. The largest absolute Gasteiger partial charge is 0.374 e. The molecule has 0 aliphatic heterocycles. The summed E-state index contributed by atoms with van der Waals surface area (Å²) in [6.45, 7) is 1.88. The molecule has 4 heteroatoms. The molecule has 0 aliphatic carbocycles. The molecule has 3 nitrogen and oxygen atoms in total. The third-order valence-corrected chi connectivity index (χ3v) is 2.49. The number of aliphatic hydroxyl groups is 3. The van der Waals surface area contributed by atoms with Crippen LogP contribution in [-0.2, 0) is 0 Å². The van der Waals surface area contributed by atoms with Crippen LogP contribution in [0.2, 0.25) is 0 Å². The zero-order valence-electron chi connectivity index (χ0n) is 6.24. The first-order chi connectivity index (χ1) is 4.56. The fourth-order valence-electron chi connectivity index (χ4n) is 0.695. The monoisotopic (exact) mass is 166 g/mol. The van der Waals surface area contributed by atoms with Gasteiger partial charge in [0.25, 0.3) is 0 Å². The van der Waals surface area contributed by atoms with Crippen LogP contribution in [0.15, 0.2) is 0 Å². The topological polar surface area (TPSA) is 60.7 Å². The fraction of sp³-hybridized carbons (Fsp3) is 1.00. The molecule has 0 aromatic carbocycles. The number of aliphatic hydroxyl groups excluding tert-OH is 1. The van der Waals surface area contributed by atoms with E-state index in [0.29, 0.717) is 6.42 Å². The molecule has 1 atom stereocenters. The van der Waals surface area contributed by atoms with Gasteiger partial charge in [-0.2, -0.15) is 0 Å². The van der Waals surface area contributed by atoms with E-state index in [1.54, 1.807) is 6.26 Å². The van der Waals surface area contributed by atoms with Crippen molar-refractivity contribution in [3.05, 3.63) is 0 Å². The Hall–Kier alpha value is 0.230. The van der Waals surface area contributed by atoms with Gasteiger partial charge >= 0.3 is 0 Å². The molecule has 0 spiro atoms. The van der Waals surface area contributed by atoms with Crippen molar-refractivity contribution in [1.82, 2.24) is 0 Å². The SMILES string of the molecule is CCCC(O)(SC)C(O)O. The number of thioether (sulfide) groups is 1. The van der Waals surface area contributed by atoms with Crippen molar-refractivity contribution < 1.29 is 15.3 Å². The van der Waals surface area contributed by atoms with Crippen molar-refractivity contribution in [3.8, 4) is 0 Å². The van der Waals surface area contributed by atoms with E-state index in [-0.39, 0.29) is 0 Å². The second kappa shape index (κ2) is 4.18. The lowest BCUT2D eigenvalue weighted by molar-refractivity contribution is -0.141. The maximum atomic E-state index is 9.36. The molecular weight excluding hydrogens is 152 g/mol. The third kappa shape index (κ3) is 2.46. The maximum absolute atomic E-state index is 9.36. The Labute approximate surface area is 65.1 Å². The van der Waals surface area contributed by atoms with Gasteiger partial charge in [0.05, 0.1) is 0 Å². The summed E-state index contributed by atoms with van der Waals surface area (Å²) in [6, 6.07) is 0. The first kappa shape index (κ1) is 10.2. The molecule has 1 unspecified atom stereocenters. The van der Waals surface area contributed by atoms with E-state index in [1.165, 1.54) is 0 Å². The second-order valence-electron chi connectivity index (χ2n) is 2.17.